The minimum Gasteiger partial charge on any atom is -0.274 e. The quantitative estimate of drug-likeness (QED) is 0.783. The highest BCUT2D eigenvalue weighted by atomic mass is 79.9. The van der Waals surface area contributed by atoms with Crippen LogP contribution in [-0.2, 0) is 0 Å². The van der Waals surface area contributed by atoms with E-state index >= 15 is 0 Å². The Kier molecular flexibility index (Phi) is 3.13. The van der Waals surface area contributed by atoms with Crippen LogP contribution in [0.15, 0.2) is 34.8 Å². The molecule has 0 radical (unpaired) electrons. The minimum absolute atomic E-state index is 0.191. The molecule has 2 amide bonds. The van der Waals surface area contributed by atoms with Crippen molar-refractivity contribution in [2.45, 2.75) is 13.8 Å². The van der Waals surface area contributed by atoms with Gasteiger partial charge in [0.2, 0.25) is 0 Å². The maximum atomic E-state index is 12.6. The third-order valence-corrected chi connectivity index (χ3v) is 3.90. The van der Waals surface area contributed by atoms with Gasteiger partial charge in [-0.2, -0.15) is 0 Å². The maximum absolute atomic E-state index is 12.6. The molecule has 0 saturated carbocycles. The average Bonchev–Trinajstić information content (AvgIpc) is 2.40. The van der Waals surface area contributed by atoms with Gasteiger partial charge in [-0.3, -0.25) is 14.5 Å². The van der Waals surface area contributed by atoms with Crippen molar-refractivity contribution < 1.29 is 9.59 Å². The van der Waals surface area contributed by atoms with Crippen LogP contribution in [0.3, 0.4) is 0 Å². The summed E-state index contributed by atoms with van der Waals surface area (Å²) in [6, 6.07) is 9.30. The van der Waals surface area contributed by atoms with Gasteiger partial charge in [-0.15, -0.1) is 0 Å². The predicted octanol–water partition coefficient (Wildman–Crippen LogP) is 3.85. The van der Waals surface area contributed by atoms with Crippen LogP contribution in [0.5, 0.6) is 0 Å². The Bertz CT molecular complexity index is 737. The van der Waals surface area contributed by atoms with Gasteiger partial charge in [-0.05, 0) is 29.5 Å². The van der Waals surface area contributed by atoms with Crippen molar-refractivity contribution in [2.24, 2.45) is 5.92 Å². The topological polar surface area (TPSA) is 37.4 Å². The fraction of sp³-hybridized carbons (Fsp3) is 0.250. The van der Waals surface area contributed by atoms with E-state index in [2.05, 4.69) is 15.9 Å². The third kappa shape index (κ3) is 1.95. The molecule has 0 atom stereocenters. The lowest BCUT2D eigenvalue weighted by Gasteiger charge is -2.28. The fourth-order valence-corrected chi connectivity index (χ4v) is 3.13. The molecule has 102 valence electrons. The minimum atomic E-state index is -0.200. The molecule has 0 unspecified atom stereocenters. The van der Waals surface area contributed by atoms with Crippen molar-refractivity contribution in [3.63, 3.8) is 0 Å². The molecule has 0 spiro atoms. The maximum Gasteiger partial charge on any atom is 0.261 e. The van der Waals surface area contributed by atoms with Crippen molar-refractivity contribution in [1.82, 2.24) is 4.90 Å². The monoisotopic (exact) mass is 331 g/mol. The Morgan fingerprint density at radius 2 is 1.80 bits per heavy atom. The average molecular weight is 332 g/mol. The van der Waals surface area contributed by atoms with Gasteiger partial charge < -0.3 is 0 Å². The zero-order valence-corrected chi connectivity index (χ0v) is 12.9. The van der Waals surface area contributed by atoms with E-state index in [0.717, 1.165) is 15.2 Å². The fourth-order valence-electron chi connectivity index (χ4n) is 2.65. The lowest BCUT2D eigenvalue weighted by atomic mass is 9.93. The summed E-state index contributed by atoms with van der Waals surface area (Å²) >= 11 is 3.43. The third-order valence-electron chi connectivity index (χ3n) is 3.44. The summed E-state index contributed by atoms with van der Waals surface area (Å²) in [7, 11) is 0. The summed E-state index contributed by atoms with van der Waals surface area (Å²) in [5.74, 6) is -0.145. The van der Waals surface area contributed by atoms with E-state index in [1.807, 2.05) is 32.0 Å². The summed E-state index contributed by atoms with van der Waals surface area (Å²) in [6.45, 7) is 4.44. The Balaban J connectivity index is 2.28. The van der Waals surface area contributed by atoms with Crippen LogP contribution in [0.25, 0.3) is 10.8 Å². The predicted molar refractivity (Wildman–Crippen MR) is 81.9 cm³/mol. The molecular formula is C16H14BrNO2. The van der Waals surface area contributed by atoms with E-state index in [9.17, 15) is 9.59 Å². The van der Waals surface area contributed by atoms with Gasteiger partial charge >= 0.3 is 0 Å². The number of benzene rings is 2. The van der Waals surface area contributed by atoms with Gasteiger partial charge in [0, 0.05) is 27.5 Å². The van der Waals surface area contributed by atoms with E-state index in [-0.39, 0.29) is 17.7 Å². The second-order valence-electron chi connectivity index (χ2n) is 5.47. The van der Waals surface area contributed by atoms with Crippen molar-refractivity contribution in [3.8, 4) is 0 Å². The lowest BCUT2D eigenvalue weighted by Crippen LogP contribution is -2.42. The first-order valence-electron chi connectivity index (χ1n) is 6.57. The molecule has 1 heterocycles. The van der Waals surface area contributed by atoms with Gasteiger partial charge in [-0.25, -0.2) is 0 Å². The molecule has 0 fully saturated rings. The van der Waals surface area contributed by atoms with Gasteiger partial charge in [0.15, 0.2) is 0 Å². The Hall–Kier alpha value is -1.68. The van der Waals surface area contributed by atoms with Crippen LogP contribution in [0, 0.1) is 5.92 Å². The number of halogens is 1. The Morgan fingerprint density at radius 3 is 2.50 bits per heavy atom. The summed E-state index contributed by atoms with van der Waals surface area (Å²) in [6.07, 6.45) is 0. The summed E-state index contributed by atoms with van der Waals surface area (Å²) in [5, 5.41) is 1.68. The molecule has 3 rings (SSSR count). The van der Waals surface area contributed by atoms with Gasteiger partial charge in [0.1, 0.15) is 0 Å². The first kappa shape index (κ1) is 13.3. The number of carbonyl (C=O) groups excluding carboxylic acids is 2. The van der Waals surface area contributed by atoms with E-state index in [1.165, 1.54) is 4.90 Å². The largest absolute Gasteiger partial charge is 0.274 e. The highest BCUT2D eigenvalue weighted by Crippen LogP contribution is 2.32. The summed E-state index contributed by atoms with van der Waals surface area (Å²) in [5.41, 5.74) is 1.22. The first-order valence-corrected chi connectivity index (χ1v) is 7.37. The number of hydrogen-bond donors (Lipinski definition) is 0. The van der Waals surface area contributed by atoms with E-state index in [4.69, 9.17) is 0 Å². The molecule has 0 N–H and O–H groups in total. The van der Waals surface area contributed by atoms with Crippen molar-refractivity contribution in [3.05, 3.63) is 45.9 Å². The standard InChI is InChI=1S/C16H14BrNO2/c1-9(2)8-18-15(19)12-5-3-4-10-6-11(17)7-13(14(10)12)16(18)20/h3-7,9H,8H2,1-2H3. The second-order valence-corrected chi connectivity index (χ2v) is 6.39. The lowest BCUT2D eigenvalue weighted by molar-refractivity contribution is 0.0592. The van der Waals surface area contributed by atoms with E-state index in [1.54, 1.807) is 12.1 Å². The molecule has 20 heavy (non-hydrogen) atoms. The second kappa shape index (κ2) is 4.70. The van der Waals surface area contributed by atoms with Crippen LogP contribution < -0.4 is 0 Å². The van der Waals surface area contributed by atoms with Gasteiger partial charge in [0.25, 0.3) is 11.8 Å². The van der Waals surface area contributed by atoms with Crippen LogP contribution in [-0.4, -0.2) is 23.3 Å². The smallest absolute Gasteiger partial charge is 0.261 e. The Morgan fingerprint density at radius 1 is 1.10 bits per heavy atom. The van der Waals surface area contributed by atoms with Crippen LogP contribution in [0.4, 0.5) is 0 Å². The Labute approximate surface area is 125 Å². The first-order chi connectivity index (χ1) is 9.49. The highest BCUT2D eigenvalue weighted by molar-refractivity contribution is 9.10. The van der Waals surface area contributed by atoms with E-state index in [0.29, 0.717) is 17.7 Å². The van der Waals surface area contributed by atoms with Crippen LogP contribution in [0.1, 0.15) is 34.6 Å². The van der Waals surface area contributed by atoms with Crippen molar-refractivity contribution >= 4 is 38.5 Å². The van der Waals surface area contributed by atoms with Gasteiger partial charge in [-0.1, -0.05) is 41.9 Å². The molecule has 1 aliphatic heterocycles. The number of rotatable bonds is 2. The molecule has 0 aliphatic carbocycles. The van der Waals surface area contributed by atoms with Crippen LogP contribution in [0.2, 0.25) is 0 Å². The summed E-state index contributed by atoms with van der Waals surface area (Å²) in [4.78, 5) is 26.5. The zero-order valence-electron chi connectivity index (χ0n) is 11.3. The highest BCUT2D eigenvalue weighted by Gasteiger charge is 2.33. The number of nitrogens with zero attached hydrogens (tertiary/aromatic N) is 1. The number of hydrogen-bond acceptors (Lipinski definition) is 2. The van der Waals surface area contributed by atoms with Crippen molar-refractivity contribution in [2.75, 3.05) is 6.54 Å². The van der Waals surface area contributed by atoms with Crippen LogP contribution >= 0.6 is 15.9 Å². The van der Waals surface area contributed by atoms with Crippen molar-refractivity contribution in [1.29, 1.82) is 0 Å². The van der Waals surface area contributed by atoms with Gasteiger partial charge in [0.05, 0.1) is 0 Å². The molecule has 2 aromatic carbocycles. The molecular weight excluding hydrogens is 318 g/mol. The molecule has 1 aliphatic rings. The molecule has 0 bridgehead atoms. The normalized spacial score (nSPS) is 14.5. The summed E-state index contributed by atoms with van der Waals surface area (Å²) < 4.78 is 0.851. The molecule has 2 aromatic rings. The molecule has 0 aromatic heterocycles. The van der Waals surface area contributed by atoms with E-state index < -0.39 is 0 Å². The number of amides is 2. The number of carbonyl (C=O) groups is 2. The number of imide groups is 1. The SMILES string of the molecule is CC(C)CN1C(=O)c2cccc3cc(Br)cc(c23)C1=O. The molecule has 0 saturated heterocycles. The molecule has 4 heteroatoms. The molecule has 3 nitrogen and oxygen atoms in total. The zero-order chi connectivity index (χ0) is 14.4.